The van der Waals surface area contributed by atoms with E-state index < -0.39 is 17.7 Å². The predicted octanol–water partition coefficient (Wildman–Crippen LogP) is 4.05. The molecule has 2 aromatic carbocycles. The molecule has 29 heavy (non-hydrogen) atoms. The number of hydrogen-bond donors (Lipinski definition) is 0. The monoisotopic (exact) mass is 392 g/mol. The fourth-order valence-electron chi connectivity index (χ4n) is 3.75. The Morgan fingerprint density at radius 3 is 2.69 bits per heavy atom. The van der Waals surface area contributed by atoms with E-state index in [2.05, 4.69) is 6.07 Å². The largest absolute Gasteiger partial charge is 0.466 e. The van der Waals surface area contributed by atoms with E-state index in [-0.39, 0.29) is 18.9 Å². The molecule has 1 atom stereocenters. The normalized spacial score (nSPS) is 16.6. The van der Waals surface area contributed by atoms with Gasteiger partial charge in [0.05, 0.1) is 30.9 Å². The molecule has 0 spiro atoms. The summed E-state index contributed by atoms with van der Waals surface area (Å²) >= 11 is 0. The Labute approximate surface area is 169 Å². The number of methoxy groups -OCH3 is 1. The van der Waals surface area contributed by atoms with Crippen molar-refractivity contribution in [3.8, 4) is 6.07 Å². The van der Waals surface area contributed by atoms with Crippen LogP contribution in [0.25, 0.3) is 0 Å². The highest BCUT2D eigenvalue weighted by molar-refractivity contribution is 5.95. The summed E-state index contributed by atoms with van der Waals surface area (Å²) in [6.45, 7) is 2.10. The van der Waals surface area contributed by atoms with Crippen LogP contribution in [0.4, 0.5) is 4.39 Å². The number of nitriles is 1. The van der Waals surface area contributed by atoms with Crippen LogP contribution in [-0.4, -0.2) is 23.9 Å². The first-order valence-electron chi connectivity index (χ1n) is 9.34. The highest BCUT2D eigenvalue weighted by Crippen LogP contribution is 2.39. The van der Waals surface area contributed by atoms with Gasteiger partial charge in [-0.15, -0.1) is 0 Å². The van der Waals surface area contributed by atoms with E-state index >= 15 is 0 Å². The van der Waals surface area contributed by atoms with Crippen LogP contribution >= 0.6 is 0 Å². The molecule has 1 aliphatic rings. The Balaban J connectivity index is 2.08. The van der Waals surface area contributed by atoms with Gasteiger partial charge in [-0.3, -0.25) is 4.79 Å². The van der Waals surface area contributed by atoms with Crippen LogP contribution in [-0.2, 0) is 20.9 Å². The number of carbonyl (C=O) groups excluding carboxylic acids is 2. The molecule has 0 aromatic heterocycles. The molecule has 0 fully saturated rings. The Morgan fingerprint density at radius 2 is 2.03 bits per heavy atom. The third-order valence-electron chi connectivity index (χ3n) is 5.05. The van der Waals surface area contributed by atoms with E-state index in [9.17, 15) is 14.0 Å². The number of carbonyl (C=O) groups is 2. The molecule has 0 saturated heterocycles. The fourth-order valence-corrected chi connectivity index (χ4v) is 3.75. The minimum atomic E-state index is -0.567. The highest BCUT2D eigenvalue weighted by atomic mass is 19.1. The van der Waals surface area contributed by atoms with Crippen molar-refractivity contribution < 1.29 is 18.7 Å². The van der Waals surface area contributed by atoms with Crippen LogP contribution in [0.5, 0.6) is 0 Å². The summed E-state index contributed by atoms with van der Waals surface area (Å²) in [5, 5.41) is 9.12. The molecule has 6 heteroatoms. The van der Waals surface area contributed by atoms with Crippen LogP contribution < -0.4 is 0 Å². The number of rotatable bonds is 5. The van der Waals surface area contributed by atoms with Gasteiger partial charge in [-0.2, -0.15) is 5.26 Å². The molecule has 1 unspecified atom stereocenters. The van der Waals surface area contributed by atoms with Crippen molar-refractivity contribution in [3.63, 3.8) is 0 Å². The van der Waals surface area contributed by atoms with E-state index in [0.717, 1.165) is 5.56 Å². The Morgan fingerprint density at radius 1 is 1.28 bits per heavy atom. The fraction of sp³-hybridized carbons (Fsp3) is 0.261. The smallest absolute Gasteiger partial charge is 0.336 e. The van der Waals surface area contributed by atoms with Gasteiger partial charge >= 0.3 is 5.97 Å². The van der Waals surface area contributed by atoms with E-state index in [4.69, 9.17) is 10.00 Å². The number of esters is 1. The second-order valence-electron chi connectivity index (χ2n) is 6.81. The first-order valence-corrected chi connectivity index (χ1v) is 9.34. The van der Waals surface area contributed by atoms with Gasteiger partial charge in [0.2, 0.25) is 5.91 Å². The average molecular weight is 392 g/mol. The van der Waals surface area contributed by atoms with Crippen LogP contribution in [0.3, 0.4) is 0 Å². The minimum absolute atomic E-state index is 0.0370. The van der Waals surface area contributed by atoms with Crippen molar-refractivity contribution in [2.75, 3.05) is 7.11 Å². The second kappa shape index (κ2) is 8.70. The SMILES string of the molecule is CCC1=C(C(=O)OC)C(c2cccc(F)c2)CC(=O)N1Cc1cccc(C#N)c1. The zero-order chi connectivity index (χ0) is 21.0. The Kier molecular flexibility index (Phi) is 6.08. The lowest BCUT2D eigenvalue weighted by molar-refractivity contribution is -0.138. The average Bonchev–Trinajstić information content (AvgIpc) is 2.74. The van der Waals surface area contributed by atoms with Crippen molar-refractivity contribution in [3.05, 3.63) is 82.3 Å². The summed E-state index contributed by atoms with van der Waals surface area (Å²) in [4.78, 5) is 27.3. The predicted molar refractivity (Wildman–Crippen MR) is 105 cm³/mol. The topological polar surface area (TPSA) is 70.4 Å². The summed E-state index contributed by atoms with van der Waals surface area (Å²) in [5.74, 6) is -1.68. The van der Waals surface area contributed by atoms with Gasteiger partial charge in [-0.1, -0.05) is 31.2 Å². The number of ether oxygens (including phenoxy) is 1. The molecule has 148 valence electrons. The molecule has 1 aliphatic heterocycles. The molecular formula is C23H21FN2O3. The summed E-state index contributed by atoms with van der Waals surface area (Å²) in [6, 6.07) is 15.0. The van der Waals surface area contributed by atoms with Crippen molar-refractivity contribution in [1.29, 1.82) is 5.26 Å². The molecule has 3 rings (SSSR count). The van der Waals surface area contributed by atoms with Crippen molar-refractivity contribution in [2.45, 2.75) is 32.2 Å². The lowest BCUT2D eigenvalue weighted by Gasteiger charge is -2.35. The third kappa shape index (κ3) is 4.19. The second-order valence-corrected chi connectivity index (χ2v) is 6.81. The molecule has 1 amide bonds. The van der Waals surface area contributed by atoms with E-state index in [0.29, 0.717) is 28.8 Å². The summed E-state index contributed by atoms with van der Waals surface area (Å²) in [7, 11) is 1.29. The Hall–Kier alpha value is -3.46. The van der Waals surface area contributed by atoms with Gasteiger partial charge in [-0.05, 0) is 41.8 Å². The Bertz CT molecular complexity index is 1020. The van der Waals surface area contributed by atoms with Crippen molar-refractivity contribution >= 4 is 11.9 Å². The zero-order valence-electron chi connectivity index (χ0n) is 16.3. The quantitative estimate of drug-likeness (QED) is 0.720. The van der Waals surface area contributed by atoms with Crippen molar-refractivity contribution in [1.82, 2.24) is 4.90 Å². The van der Waals surface area contributed by atoms with Gasteiger partial charge in [0.15, 0.2) is 0 Å². The molecule has 1 heterocycles. The molecule has 0 saturated carbocycles. The maximum absolute atomic E-state index is 13.8. The summed E-state index contributed by atoms with van der Waals surface area (Å²) in [5.41, 5.74) is 2.79. The van der Waals surface area contributed by atoms with E-state index in [1.807, 2.05) is 13.0 Å². The third-order valence-corrected chi connectivity index (χ3v) is 5.05. The molecule has 0 radical (unpaired) electrons. The van der Waals surface area contributed by atoms with Gasteiger partial charge < -0.3 is 9.64 Å². The number of benzene rings is 2. The summed E-state index contributed by atoms with van der Waals surface area (Å²) in [6.07, 6.45) is 0.468. The van der Waals surface area contributed by atoms with Crippen LogP contribution in [0.1, 0.15) is 42.4 Å². The zero-order valence-corrected chi connectivity index (χ0v) is 16.3. The van der Waals surface area contributed by atoms with E-state index in [1.54, 1.807) is 35.2 Å². The number of hydrogen-bond acceptors (Lipinski definition) is 4. The lowest BCUT2D eigenvalue weighted by atomic mass is 9.82. The molecular weight excluding hydrogens is 371 g/mol. The number of nitrogens with zero attached hydrogens (tertiary/aromatic N) is 2. The molecule has 2 aromatic rings. The number of allylic oxidation sites excluding steroid dienone is 1. The lowest BCUT2D eigenvalue weighted by Crippen LogP contribution is -2.38. The standard InChI is InChI=1S/C23H21FN2O3/c1-3-20-22(23(28)29-2)19(17-8-5-9-18(24)11-17)12-21(27)26(20)14-16-7-4-6-15(10-16)13-25/h4-11,19H,3,12,14H2,1-2H3. The minimum Gasteiger partial charge on any atom is -0.466 e. The summed E-state index contributed by atoms with van der Waals surface area (Å²) < 4.78 is 18.8. The van der Waals surface area contributed by atoms with Gasteiger partial charge in [-0.25, -0.2) is 9.18 Å². The molecule has 0 bridgehead atoms. The van der Waals surface area contributed by atoms with Gasteiger partial charge in [0.25, 0.3) is 0 Å². The number of halogens is 1. The van der Waals surface area contributed by atoms with Crippen LogP contribution in [0.2, 0.25) is 0 Å². The molecule has 0 N–H and O–H groups in total. The number of amides is 1. The van der Waals surface area contributed by atoms with Crippen LogP contribution in [0, 0.1) is 17.1 Å². The molecule has 5 nitrogen and oxygen atoms in total. The highest BCUT2D eigenvalue weighted by Gasteiger charge is 2.37. The van der Waals surface area contributed by atoms with E-state index in [1.165, 1.54) is 19.2 Å². The van der Waals surface area contributed by atoms with Gasteiger partial charge in [0.1, 0.15) is 5.82 Å². The first kappa shape index (κ1) is 20.3. The maximum atomic E-state index is 13.8. The van der Waals surface area contributed by atoms with Crippen molar-refractivity contribution in [2.24, 2.45) is 0 Å². The van der Waals surface area contributed by atoms with Crippen LogP contribution in [0.15, 0.2) is 59.8 Å². The van der Waals surface area contributed by atoms with Gasteiger partial charge in [0, 0.05) is 18.0 Å². The molecule has 0 aliphatic carbocycles. The maximum Gasteiger partial charge on any atom is 0.336 e. The first-order chi connectivity index (χ1) is 14.0.